The first kappa shape index (κ1) is 11.6. The van der Waals surface area contributed by atoms with Gasteiger partial charge in [0, 0.05) is 10.5 Å². The van der Waals surface area contributed by atoms with Crippen molar-refractivity contribution < 1.29 is 0 Å². The number of hydrogen-bond acceptors (Lipinski definition) is 2. The normalized spacial score (nSPS) is 18.3. The van der Waals surface area contributed by atoms with Gasteiger partial charge in [0.15, 0.2) is 0 Å². The molecule has 2 rings (SSSR count). The summed E-state index contributed by atoms with van der Waals surface area (Å²) < 4.78 is 0. The van der Waals surface area contributed by atoms with Crippen molar-refractivity contribution in [3.8, 4) is 0 Å². The summed E-state index contributed by atoms with van der Waals surface area (Å²) in [4.78, 5) is 4.99. The molecule has 0 spiro atoms. The zero-order chi connectivity index (χ0) is 11.2. The van der Waals surface area contributed by atoms with Gasteiger partial charge >= 0.3 is 0 Å². The summed E-state index contributed by atoms with van der Waals surface area (Å²) >= 11 is 19.8. The van der Waals surface area contributed by atoms with Gasteiger partial charge in [0.25, 0.3) is 0 Å². The highest BCUT2D eigenvalue weighted by atomic mass is 35.5. The lowest BCUT2D eigenvalue weighted by Gasteiger charge is -2.27. The largest absolute Gasteiger partial charge is 0.255 e. The molecule has 0 amide bonds. The Morgan fingerprint density at radius 3 is 2.53 bits per heavy atom. The fourth-order valence-electron chi connectivity index (χ4n) is 1.36. The summed E-state index contributed by atoms with van der Waals surface area (Å²) in [6.45, 7) is 3.97. The second-order valence-corrected chi connectivity index (χ2v) is 6.44. The minimum Gasteiger partial charge on any atom is -0.255 e. The Balaban J connectivity index is 2.65. The lowest BCUT2D eigenvalue weighted by Crippen LogP contribution is -2.18. The number of rotatable bonds is 0. The van der Waals surface area contributed by atoms with Crippen LogP contribution in [0.3, 0.4) is 0 Å². The number of fused-ring (bicyclic) bond motifs is 1. The highest BCUT2D eigenvalue weighted by Crippen LogP contribution is 2.46. The number of thioether (sulfide) groups is 1. The van der Waals surface area contributed by atoms with Crippen molar-refractivity contribution in [2.24, 2.45) is 4.99 Å². The molecule has 0 radical (unpaired) electrons. The van der Waals surface area contributed by atoms with E-state index in [9.17, 15) is 0 Å². The maximum absolute atomic E-state index is 6.14. The Hall–Kier alpha value is 0.110. The average molecular weight is 281 g/mol. The molecule has 0 atom stereocenters. The van der Waals surface area contributed by atoms with Crippen molar-refractivity contribution in [3.63, 3.8) is 0 Å². The molecule has 5 heteroatoms. The van der Waals surface area contributed by atoms with Gasteiger partial charge in [0.1, 0.15) is 10.0 Å². The van der Waals surface area contributed by atoms with Gasteiger partial charge in [0.2, 0.25) is 0 Å². The van der Waals surface area contributed by atoms with Crippen LogP contribution in [0.25, 0.3) is 0 Å². The summed E-state index contributed by atoms with van der Waals surface area (Å²) in [6, 6.07) is 3.58. The maximum Gasteiger partial charge on any atom is 0.133 e. The maximum atomic E-state index is 6.14. The quantitative estimate of drug-likeness (QED) is 0.663. The van der Waals surface area contributed by atoms with Crippen molar-refractivity contribution >= 4 is 51.7 Å². The van der Waals surface area contributed by atoms with Crippen LogP contribution in [-0.4, -0.2) is 10.0 Å². The molecule has 0 N–H and O–H groups in total. The predicted molar refractivity (Wildman–Crippen MR) is 68.8 cm³/mol. The lowest BCUT2D eigenvalue weighted by molar-refractivity contribution is 0.758. The molecule has 0 fully saturated rings. The van der Waals surface area contributed by atoms with Gasteiger partial charge < -0.3 is 0 Å². The van der Waals surface area contributed by atoms with Gasteiger partial charge in [-0.3, -0.25) is 4.99 Å². The van der Waals surface area contributed by atoms with E-state index in [-0.39, 0.29) is 4.87 Å². The van der Waals surface area contributed by atoms with Crippen LogP contribution >= 0.6 is 46.6 Å². The predicted octanol–water partition coefficient (Wildman–Crippen LogP) is 4.82. The van der Waals surface area contributed by atoms with Crippen LogP contribution in [0.5, 0.6) is 0 Å². The third-order valence-corrected chi connectivity index (χ3v) is 4.41. The monoisotopic (exact) mass is 279 g/mol. The Kier molecular flexibility index (Phi) is 2.97. The van der Waals surface area contributed by atoms with Crippen LogP contribution in [0.1, 0.15) is 19.4 Å². The van der Waals surface area contributed by atoms with E-state index >= 15 is 0 Å². The minimum atomic E-state index is -0.293. The van der Waals surface area contributed by atoms with E-state index in [4.69, 9.17) is 34.8 Å². The number of hydrogen-bond donors (Lipinski definition) is 0. The van der Waals surface area contributed by atoms with Crippen molar-refractivity contribution in [2.45, 2.75) is 23.6 Å². The van der Waals surface area contributed by atoms with Gasteiger partial charge in [0.05, 0.1) is 10.0 Å². The fraction of sp³-hybridized carbons (Fsp3) is 0.300. The van der Waals surface area contributed by atoms with Crippen molar-refractivity contribution in [1.82, 2.24) is 0 Å². The second-order valence-electron chi connectivity index (χ2n) is 3.69. The van der Waals surface area contributed by atoms with E-state index in [0.29, 0.717) is 15.2 Å². The summed E-state index contributed by atoms with van der Waals surface area (Å²) in [7, 11) is 0. The average Bonchev–Trinajstić information content (AvgIpc) is 2.10. The van der Waals surface area contributed by atoms with Crippen molar-refractivity contribution in [1.29, 1.82) is 0 Å². The highest BCUT2D eigenvalue weighted by molar-refractivity contribution is 8.01. The van der Waals surface area contributed by atoms with Crippen molar-refractivity contribution in [2.75, 3.05) is 0 Å². The first-order valence-electron chi connectivity index (χ1n) is 4.33. The molecule has 80 valence electrons. The summed E-state index contributed by atoms with van der Waals surface area (Å²) in [6.07, 6.45) is 0. The number of halogens is 3. The molecule has 0 saturated heterocycles. The van der Waals surface area contributed by atoms with Crippen LogP contribution in [0.4, 0.5) is 0 Å². The molecule has 0 unspecified atom stereocenters. The molecule has 0 saturated carbocycles. The summed E-state index contributed by atoms with van der Waals surface area (Å²) in [5.74, 6) is 0. The van der Waals surface area contributed by atoms with E-state index in [1.54, 1.807) is 17.8 Å². The third-order valence-electron chi connectivity index (χ3n) is 1.99. The van der Waals surface area contributed by atoms with Gasteiger partial charge in [-0.25, -0.2) is 0 Å². The number of aliphatic imine (C=N–C) groups is 1. The minimum absolute atomic E-state index is 0.293. The Morgan fingerprint density at radius 2 is 1.87 bits per heavy atom. The van der Waals surface area contributed by atoms with Crippen LogP contribution < -0.4 is 0 Å². The molecule has 1 aromatic carbocycles. The molecule has 1 aliphatic rings. The van der Waals surface area contributed by atoms with Crippen LogP contribution in [-0.2, 0) is 0 Å². The zero-order valence-corrected chi connectivity index (χ0v) is 11.2. The van der Waals surface area contributed by atoms with Crippen molar-refractivity contribution in [3.05, 3.63) is 27.7 Å². The Bertz CT molecular complexity index is 454. The SMILES string of the molecule is CC1(C)N=C(Cl)c2ccc(Cl)c(Cl)c2S1. The molecule has 15 heavy (non-hydrogen) atoms. The molecule has 1 aromatic rings. The molecular formula is C10H8Cl3NS. The standard InChI is InChI=1S/C10H8Cl3NS/c1-10(2)14-9(13)5-3-4-6(11)7(12)8(5)15-10/h3-4H,1-2H3. The molecule has 0 bridgehead atoms. The first-order valence-corrected chi connectivity index (χ1v) is 6.28. The highest BCUT2D eigenvalue weighted by Gasteiger charge is 2.29. The topological polar surface area (TPSA) is 12.4 Å². The van der Waals surface area contributed by atoms with E-state index < -0.39 is 0 Å². The summed E-state index contributed by atoms with van der Waals surface area (Å²) in [5, 5.41) is 1.60. The third kappa shape index (κ3) is 2.14. The van der Waals surface area contributed by atoms with Gasteiger partial charge in [-0.15, -0.1) is 0 Å². The Morgan fingerprint density at radius 1 is 1.20 bits per heavy atom. The molecule has 1 aliphatic heterocycles. The van der Waals surface area contributed by atoms with E-state index in [2.05, 4.69) is 4.99 Å². The second kappa shape index (κ2) is 3.85. The number of benzene rings is 1. The molecular weight excluding hydrogens is 273 g/mol. The van der Waals surface area contributed by atoms with E-state index in [0.717, 1.165) is 10.5 Å². The Labute approximate surface area is 108 Å². The van der Waals surface area contributed by atoms with Gasteiger partial charge in [-0.2, -0.15) is 0 Å². The summed E-state index contributed by atoms with van der Waals surface area (Å²) in [5.41, 5.74) is 0.857. The zero-order valence-electron chi connectivity index (χ0n) is 8.14. The first-order chi connectivity index (χ1) is 6.91. The molecule has 0 aromatic heterocycles. The molecule has 0 aliphatic carbocycles. The van der Waals surface area contributed by atoms with Gasteiger partial charge in [-0.05, 0) is 26.0 Å². The van der Waals surface area contributed by atoms with Crippen LogP contribution in [0.15, 0.2) is 22.0 Å². The van der Waals surface area contributed by atoms with Crippen LogP contribution in [0, 0.1) is 0 Å². The van der Waals surface area contributed by atoms with Gasteiger partial charge in [-0.1, -0.05) is 46.6 Å². The lowest BCUT2D eigenvalue weighted by atomic mass is 10.2. The fourth-order valence-corrected chi connectivity index (χ4v) is 3.44. The van der Waals surface area contributed by atoms with Crippen LogP contribution in [0.2, 0.25) is 10.0 Å². The van der Waals surface area contributed by atoms with E-state index in [1.165, 1.54) is 0 Å². The smallest absolute Gasteiger partial charge is 0.133 e. The number of nitrogens with zero attached hydrogens (tertiary/aromatic N) is 1. The molecule has 1 nitrogen and oxygen atoms in total. The molecule has 1 heterocycles. The van der Waals surface area contributed by atoms with E-state index in [1.807, 2.05) is 19.9 Å².